The topological polar surface area (TPSA) is 93.9 Å². The van der Waals surface area contributed by atoms with Crippen molar-refractivity contribution >= 4 is 23.2 Å². The predicted octanol–water partition coefficient (Wildman–Crippen LogP) is 3.44. The Labute approximate surface area is 170 Å². The number of piperidine rings is 1. The lowest BCUT2D eigenvalue weighted by molar-refractivity contribution is 0.0996. The van der Waals surface area contributed by atoms with Crippen molar-refractivity contribution in [3.05, 3.63) is 47.5 Å². The minimum absolute atomic E-state index is 0.298. The summed E-state index contributed by atoms with van der Waals surface area (Å²) in [5.74, 6) is 0.236. The molecule has 1 saturated heterocycles. The summed E-state index contributed by atoms with van der Waals surface area (Å²) in [5, 5.41) is 2.94. The van der Waals surface area contributed by atoms with E-state index in [1.807, 2.05) is 13.0 Å². The maximum atomic E-state index is 12.9. The second-order valence-electron chi connectivity index (χ2n) is 6.90. The number of nitrogens with one attached hydrogen (secondary N) is 1. The Bertz CT molecular complexity index is 892. The number of anilines is 2. The summed E-state index contributed by atoms with van der Waals surface area (Å²) in [7, 11) is 1.55. The predicted molar refractivity (Wildman–Crippen MR) is 113 cm³/mol. The number of nitrogens with two attached hydrogens (primary N) is 1. The molecular formula is C22H27N3O4. The van der Waals surface area contributed by atoms with Crippen LogP contribution in [0.25, 0.3) is 0 Å². The zero-order valence-electron chi connectivity index (χ0n) is 16.9. The van der Waals surface area contributed by atoms with Gasteiger partial charge in [0.05, 0.1) is 25.1 Å². The molecule has 3 rings (SSSR count). The highest BCUT2D eigenvalue weighted by molar-refractivity contribution is 6.07. The quantitative estimate of drug-likeness (QED) is 0.746. The van der Waals surface area contributed by atoms with Crippen molar-refractivity contribution in [2.24, 2.45) is 5.73 Å². The fraction of sp³-hybridized carbons (Fsp3) is 0.364. The second kappa shape index (κ2) is 9.32. The van der Waals surface area contributed by atoms with Crippen LogP contribution < -0.4 is 25.4 Å². The summed E-state index contributed by atoms with van der Waals surface area (Å²) in [4.78, 5) is 26.8. The van der Waals surface area contributed by atoms with E-state index in [4.69, 9.17) is 15.2 Å². The molecule has 0 unspecified atom stereocenters. The Morgan fingerprint density at radius 2 is 1.76 bits per heavy atom. The van der Waals surface area contributed by atoms with Crippen molar-refractivity contribution in [1.82, 2.24) is 0 Å². The van der Waals surface area contributed by atoms with E-state index in [0.717, 1.165) is 31.6 Å². The average molecular weight is 397 g/mol. The molecule has 0 spiro atoms. The van der Waals surface area contributed by atoms with Crippen molar-refractivity contribution in [2.45, 2.75) is 26.2 Å². The van der Waals surface area contributed by atoms with Gasteiger partial charge in [0.25, 0.3) is 5.91 Å². The van der Waals surface area contributed by atoms with Gasteiger partial charge in [0, 0.05) is 24.2 Å². The summed E-state index contributed by atoms with van der Waals surface area (Å²) in [6.45, 7) is 4.15. The molecule has 2 aromatic rings. The van der Waals surface area contributed by atoms with E-state index in [1.54, 1.807) is 37.4 Å². The number of rotatable bonds is 7. The van der Waals surface area contributed by atoms with Crippen molar-refractivity contribution in [1.29, 1.82) is 0 Å². The molecule has 0 aromatic heterocycles. The number of nitrogens with zero attached hydrogens (tertiary/aromatic N) is 1. The van der Waals surface area contributed by atoms with Crippen LogP contribution in [-0.4, -0.2) is 38.6 Å². The number of ether oxygens (including phenoxy) is 2. The molecule has 154 valence electrons. The SMILES string of the molecule is CCOc1cc(C(=O)Nc2cc(C(N)=O)ccc2N2CCCCC2)ccc1OC. The largest absolute Gasteiger partial charge is 0.493 e. The smallest absolute Gasteiger partial charge is 0.255 e. The normalized spacial score (nSPS) is 13.7. The highest BCUT2D eigenvalue weighted by Gasteiger charge is 2.19. The molecule has 1 aliphatic rings. The van der Waals surface area contributed by atoms with Crippen molar-refractivity contribution in [3.63, 3.8) is 0 Å². The lowest BCUT2D eigenvalue weighted by Gasteiger charge is -2.30. The van der Waals surface area contributed by atoms with Gasteiger partial charge in [0.15, 0.2) is 11.5 Å². The molecule has 7 nitrogen and oxygen atoms in total. The molecule has 29 heavy (non-hydrogen) atoms. The van der Waals surface area contributed by atoms with Crippen LogP contribution in [0, 0.1) is 0 Å². The standard InChI is InChI=1S/C22H27N3O4/c1-3-29-20-14-16(8-10-19(20)28-2)22(27)24-17-13-15(21(23)26)7-9-18(17)25-11-5-4-6-12-25/h7-10,13-14H,3-6,11-12H2,1-2H3,(H2,23,26)(H,24,27). The number of amides is 2. The number of carbonyl (C=O) groups is 2. The number of methoxy groups -OCH3 is 1. The monoisotopic (exact) mass is 397 g/mol. The third kappa shape index (κ3) is 4.80. The summed E-state index contributed by atoms with van der Waals surface area (Å²) in [6, 6.07) is 10.2. The van der Waals surface area contributed by atoms with Gasteiger partial charge >= 0.3 is 0 Å². The number of hydrogen-bond donors (Lipinski definition) is 2. The molecular weight excluding hydrogens is 370 g/mol. The molecule has 2 amide bonds. The summed E-state index contributed by atoms with van der Waals surface area (Å²) >= 11 is 0. The van der Waals surface area contributed by atoms with E-state index in [9.17, 15) is 9.59 Å². The Morgan fingerprint density at radius 1 is 1.03 bits per heavy atom. The highest BCUT2D eigenvalue weighted by atomic mass is 16.5. The maximum Gasteiger partial charge on any atom is 0.255 e. The van der Waals surface area contributed by atoms with Crippen LogP contribution in [0.2, 0.25) is 0 Å². The lowest BCUT2D eigenvalue weighted by atomic mass is 10.1. The molecule has 0 atom stereocenters. The molecule has 7 heteroatoms. The number of primary amides is 1. The number of benzene rings is 2. The molecule has 1 aliphatic heterocycles. The molecule has 2 aromatic carbocycles. The minimum atomic E-state index is -0.534. The Kier molecular flexibility index (Phi) is 6.59. The first-order valence-electron chi connectivity index (χ1n) is 9.84. The Hall–Kier alpha value is -3.22. The van der Waals surface area contributed by atoms with E-state index in [0.29, 0.717) is 34.9 Å². The van der Waals surface area contributed by atoms with E-state index >= 15 is 0 Å². The van der Waals surface area contributed by atoms with Crippen LogP contribution in [0.4, 0.5) is 11.4 Å². The van der Waals surface area contributed by atoms with E-state index in [-0.39, 0.29) is 5.91 Å². The first kappa shape index (κ1) is 20.5. The molecule has 0 aliphatic carbocycles. The van der Waals surface area contributed by atoms with Crippen molar-refractivity contribution in [2.75, 3.05) is 37.0 Å². The summed E-state index contributed by atoms with van der Waals surface area (Å²) in [5.41, 5.74) is 7.69. The van der Waals surface area contributed by atoms with Crippen molar-refractivity contribution < 1.29 is 19.1 Å². The Balaban J connectivity index is 1.91. The zero-order valence-corrected chi connectivity index (χ0v) is 16.9. The van der Waals surface area contributed by atoms with Crippen molar-refractivity contribution in [3.8, 4) is 11.5 Å². The highest BCUT2D eigenvalue weighted by Crippen LogP contribution is 2.32. The third-order valence-corrected chi connectivity index (χ3v) is 4.95. The molecule has 0 saturated carbocycles. The van der Waals surface area contributed by atoms with E-state index < -0.39 is 5.91 Å². The van der Waals surface area contributed by atoms with Crippen LogP contribution in [0.3, 0.4) is 0 Å². The van der Waals surface area contributed by atoms with Crippen LogP contribution in [0.1, 0.15) is 46.9 Å². The average Bonchev–Trinajstić information content (AvgIpc) is 2.74. The fourth-order valence-electron chi connectivity index (χ4n) is 3.48. The molecule has 0 bridgehead atoms. The van der Waals surface area contributed by atoms with Gasteiger partial charge in [-0.25, -0.2) is 0 Å². The maximum absolute atomic E-state index is 12.9. The van der Waals surface area contributed by atoms with E-state index in [2.05, 4.69) is 10.2 Å². The van der Waals surface area contributed by atoms with Gasteiger partial charge in [0.1, 0.15) is 0 Å². The van der Waals surface area contributed by atoms with Gasteiger partial charge in [-0.2, -0.15) is 0 Å². The Morgan fingerprint density at radius 3 is 2.41 bits per heavy atom. The number of carbonyl (C=O) groups excluding carboxylic acids is 2. The van der Waals surface area contributed by atoms with Gasteiger partial charge in [0.2, 0.25) is 5.91 Å². The molecule has 1 heterocycles. The van der Waals surface area contributed by atoms with Gasteiger partial charge < -0.3 is 25.4 Å². The minimum Gasteiger partial charge on any atom is -0.493 e. The van der Waals surface area contributed by atoms with Crippen LogP contribution in [0.15, 0.2) is 36.4 Å². The van der Waals surface area contributed by atoms with Crippen LogP contribution in [0.5, 0.6) is 11.5 Å². The van der Waals surface area contributed by atoms with Crippen LogP contribution in [-0.2, 0) is 0 Å². The molecule has 1 fully saturated rings. The lowest BCUT2D eigenvalue weighted by Crippen LogP contribution is -2.30. The zero-order chi connectivity index (χ0) is 20.8. The number of hydrogen-bond acceptors (Lipinski definition) is 5. The first-order valence-corrected chi connectivity index (χ1v) is 9.84. The summed E-state index contributed by atoms with van der Waals surface area (Å²) < 4.78 is 10.8. The van der Waals surface area contributed by atoms with Gasteiger partial charge in [-0.15, -0.1) is 0 Å². The van der Waals surface area contributed by atoms with Gasteiger partial charge in [-0.3, -0.25) is 9.59 Å². The second-order valence-corrected chi connectivity index (χ2v) is 6.90. The first-order chi connectivity index (χ1) is 14.0. The summed E-state index contributed by atoms with van der Waals surface area (Å²) in [6.07, 6.45) is 3.39. The third-order valence-electron chi connectivity index (χ3n) is 4.95. The molecule has 0 radical (unpaired) electrons. The van der Waals surface area contributed by atoms with Gasteiger partial charge in [-0.05, 0) is 62.6 Å². The molecule has 3 N–H and O–H groups in total. The van der Waals surface area contributed by atoms with E-state index in [1.165, 1.54) is 6.42 Å². The van der Waals surface area contributed by atoms with Gasteiger partial charge in [-0.1, -0.05) is 0 Å². The fourth-order valence-corrected chi connectivity index (χ4v) is 3.48. The van der Waals surface area contributed by atoms with Crippen LogP contribution >= 0.6 is 0 Å².